The molecule has 2 aliphatic rings. The third-order valence-electron chi connectivity index (χ3n) is 5.78. The normalized spacial score (nSPS) is 16.6. The van der Waals surface area contributed by atoms with Crippen molar-refractivity contribution in [3.05, 3.63) is 12.4 Å². The van der Waals surface area contributed by atoms with Crippen LogP contribution in [0.4, 0.5) is 44.1 Å². The first-order chi connectivity index (χ1) is 18.8. The molecule has 0 bridgehead atoms. The molecule has 40 heavy (non-hydrogen) atoms. The molecule has 5 rings (SSSR count). The summed E-state index contributed by atoms with van der Waals surface area (Å²) in [5.74, 6) is -1.77. The maximum atomic E-state index is 13.6. The van der Waals surface area contributed by atoms with Crippen molar-refractivity contribution in [3.63, 3.8) is 0 Å². The number of halogens is 6. The zero-order valence-electron chi connectivity index (χ0n) is 20.7. The number of nitrogens with one attached hydrogen (secondary N) is 1. The van der Waals surface area contributed by atoms with Gasteiger partial charge in [-0.25, -0.2) is 29.7 Å². The van der Waals surface area contributed by atoms with Gasteiger partial charge in [-0.1, -0.05) is 0 Å². The van der Waals surface area contributed by atoms with Gasteiger partial charge in [-0.2, -0.15) is 26.3 Å². The number of morpholine rings is 1. The van der Waals surface area contributed by atoms with Gasteiger partial charge in [0.05, 0.1) is 18.8 Å². The maximum absolute atomic E-state index is 13.6. The van der Waals surface area contributed by atoms with E-state index >= 15 is 0 Å². The van der Waals surface area contributed by atoms with Crippen molar-refractivity contribution in [1.29, 1.82) is 0 Å². The molecule has 0 atom stereocenters. The van der Waals surface area contributed by atoms with Crippen LogP contribution >= 0.6 is 0 Å². The van der Waals surface area contributed by atoms with Crippen molar-refractivity contribution in [3.8, 4) is 11.4 Å². The Morgan fingerprint density at radius 2 is 1.57 bits per heavy atom. The number of nitrogens with zero attached hydrogens (tertiary/aromatic N) is 8. The molecule has 0 saturated carbocycles. The van der Waals surface area contributed by atoms with E-state index in [4.69, 9.17) is 20.4 Å². The van der Waals surface area contributed by atoms with Crippen LogP contribution in [0.2, 0.25) is 0 Å². The van der Waals surface area contributed by atoms with E-state index in [0.717, 1.165) is 4.57 Å². The molecule has 5 heterocycles. The lowest BCUT2D eigenvalue weighted by molar-refractivity contribution is -0.192. The summed E-state index contributed by atoms with van der Waals surface area (Å²) in [4.78, 5) is 34.5. The fourth-order valence-corrected chi connectivity index (χ4v) is 3.98. The fraction of sp³-hybridized carbons (Fsp3) is 0.524. The Morgan fingerprint density at radius 1 is 0.975 bits per heavy atom. The van der Waals surface area contributed by atoms with E-state index in [9.17, 15) is 26.3 Å². The molecule has 3 aromatic rings. The Hall–Kier alpha value is -4.00. The minimum absolute atomic E-state index is 0.0799. The second-order valence-electron chi connectivity index (χ2n) is 8.63. The number of nitrogens with two attached hydrogens (primary N) is 1. The van der Waals surface area contributed by atoms with Crippen molar-refractivity contribution in [2.45, 2.75) is 18.9 Å². The van der Waals surface area contributed by atoms with Crippen molar-refractivity contribution < 1.29 is 41.0 Å². The Labute approximate surface area is 222 Å². The van der Waals surface area contributed by atoms with E-state index in [1.165, 1.54) is 12.4 Å². The van der Waals surface area contributed by atoms with E-state index < -0.39 is 24.9 Å². The van der Waals surface area contributed by atoms with E-state index in [1.807, 2.05) is 9.80 Å². The smallest absolute Gasteiger partial charge is 0.475 e. The van der Waals surface area contributed by atoms with Gasteiger partial charge in [0.15, 0.2) is 22.8 Å². The SMILES string of the molecule is Nc1ncc(-c2nc(N3CCOCC3)c3nc(N4CCNCC4)n(CC(F)(F)F)c3n2)cn1.O=C(O)C(F)(F)F. The third kappa shape index (κ3) is 6.95. The number of hydrogen-bond acceptors (Lipinski definition) is 11. The van der Waals surface area contributed by atoms with Crippen LogP contribution in [0.1, 0.15) is 0 Å². The van der Waals surface area contributed by atoms with E-state index in [-0.39, 0.29) is 23.4 Å². The van der Waals surface area contributed by atoms with Crippen LogP contribution in [0.15, 0.2) is 12.4 Å². The van der Waals surface area contributed by atoms with Crippen LogP contribution in [0, 0.1) is 0 Å². The molecule has 0 unspecified atom stereocenters. The van der Waals surface area contributed by atoms with Gasteiger partial charge in [0.2, 0.25) is 11.9 Å². The second-order valence-corrected chi connectivity index (χ2v) is 8.63. The number of ether oxygens (including phenoxy) is 1. The number of nitrogen functional groups attached to an aromatic ring is 1. The lowest BCUT2D eigenvalue weighted by Gasteiger charge is -2.28. The summed E-state index contributed by atoms with van der Waals surface area (Å²) in [6.07, 6.45) is -6.63. The molecule has 4 N–H and O–H groups in total. The van der Waals surface area contributed by atoms with Crippen molar-refractivity contribution >= 4 is 34.8 Å². The molecule has 19 heteroatoms. The minimum Gasteiger partial charge on any atom is -0.475 e. The van der Waals surface area contributed by atoms with Gasteiger partial charge in [0.25, 0.3) is 0 Å². The summed E-state index contributed by atoms with van der Waals surface area (Å²) in [5, 5.41) is 10.3. The second kappa shape index (κ2) is 11.6. The number of anilines is 3. The number of hydrogen-bond donors (Lipinski definition) is 3. The topological polar surface area (TPSA) is 160 Å². The molecular formula is C21H24F6N10O3. The van der Waals surface area contributed by atoms with Crippen LogP contribution in [0.5, 0.6) is 0 Å². The van der Waals surface area contributed by atoms with Gasteiger partial charge < -0.3 is 30.7 Å². The number of aliphatic carboxylic acids is 1. The Morgan fingerprint density at radius 3 is 2.12 bits per heavy atom. The van der Waals surface area contributed by atoms with Gasteiger partial charge in [0, 0.05) is 51.7 Å². The fourth-order valence-electron chi connectivity index (χ4n) is 3.98. The molecule has 2 fully saturated rings. The first-order valence-corrected chi connectivity index (χ1v) is 11.8. The first kappa shape index (κ1) is 29.0. The number of carboxylic acids is 1. The number of alkyl halides is 6. The summed E-state index contributed by atoms with van der Waals surface area (Å²) < 4.78 is 79.2. The van der Waals surface area contributed by atoms with Gasteiger partial charge >= 0.3 is 18.3 Å². The summed E-state index contributed by atoms with van der Waals surface area (Å²) >= 11 is 0. The van der Waals surface area contributed by atoms with Gasteiger partial charge in [0.1, 0.15) is 6.54 Å². The van der Waals surface area contributed by atoms with Crippen molar-refractivity contribution in [1.82, 2.24) is 34.8 Å². The number of carboxylic acid groups (broad SMARTS) is 1. The van der Waals surface area contributed by atoms with Crippen LogP contribution in [-0.4, -0.2) is 105 Å². The standard InChI is InChI=1S/C19H23F3N10O.C2HF3O2/c20-19(21,22)11-32-16-13(27-18(32)31-3-1-24-2-4-31)15(30-5-7-33-8-6-30)28-14(29-16)12-9-25-17(23)26-10-12;3-2(4,5)1(6)7/h9-10,24H,1-8,11H2,(H2,23,25,26);(H,6,7). The number of aromatic nitrogens is 6. The molecule has 2 saturated heterocycles. The number of rotatable bonds is 4. The van der Waals surface area contributed by atoms with Crippen LogP contribution in [0.3, 0.4) is 0 Å². The highest BCUT2D eigenvalue weighted by Crippen LogP contribution is 2.33. The number of piperazine rings is 1. The van der Waals surface area contributed by atoms with Gasteiger partial charge in [-0.05, 0) is 0 Å². The molecule has 3 aromatic heterocycles. The van der Waals surface area contributed by atoms with Crippen molar-refractivity contribution in [2.75, 3.05) is 68.0 Å². The molecule has 0 radical (unpaired) electrons. The average Bonchev–Trinajstić information content (AvgIpc) is 3.26. The Kier molecular flexibility index (Phi) is 8.43. The Balaban J connectivity index is 0.000000470. The molecule has 0 amide bonds. The molecule has 2 aliphatic heterocycles. The molecule has 0 spiro atoms. The quantitative estimate of drug-likeness (QED) is 0.382. The van der Waals surface area contributed by atoms with E-state index in [2.05, 4.69) is 30.2 Å². The number of imidazole rings is 1. The zero-order valence-corrected chi connectivity index (χ0v) is 20.7. The maximum Gasteiger partial charge on any atom is 0.490 e. The van der Waals surface area contributed by atoms with Gasteiger partial charge in [-0.3, -0.25) is 4.57 Å². The highest BCUT2D eigenvalue weighted by molar-refractivity contribution is 5.88. The van der Waals surface area contributed by atoms with Crippen LogP contribution in [0.25, 0.3) is 22.6 Å². The van der Waals surface area contributed by atoms with Crippen LogP contribution < -0.4 is 20.9 Å². The highest BCUT2D eigenvalue weighted by Gasteiger charge is 2.38. The van der Waals surface area contributed by atoms with E-state index in [0.29, 0.717) is 69.4 Å². The molecule has 0 aromatic carbocycles. The third-order valence-corrected chi connectivity index (χ3v) is 5.78. The monoisotopic (exact) mass is 578 g/mol. The highest BCUT2D eigenvalue weighted by atomic mass is 19.4. The summed E-state index contributed by atoms with van der Waals surface area (Å²) in [7, 11) is 0. The largest absolute Gasteiger partial charge is 0.490 e. The predicted molar refractivity (Wildman–Crippen MR) is 129 cm³/mol. The lowest BCUT2D eigenvalue weighted by atomic mass is 10.3. The molecular weight excluding hydrogens is 554 g/mol. The summed E-state index contributed by atoms with van der Waals surface area (Å²) in [6, 6.07) is 0. The van der Waals surface area contributed by atoms with E-state index in [1.54, 1.807) is 0 Å². The van der Waals surface area contributed by atoms with Crippen molar-refractivity contribution in [2.24, 2.45) is 0 Å². The number of carbonyl (C=O) groups is 1. The van der Waals surface area contributed by atoms with Gasteiger partial charge in [-0.15, -0.1) is 0 Å². The first-order valence-electron chi connectivity index (χ1n) is 11.8. The summed E-state index contributed by atoms with van der Waals surface area (Å²) in [6.45, 7) is 3.24. The molecule has 13 nitrogen and oxygen atoms in total. The summed E-state index contributed by atoms with van der Waals surface area (Å²) in [5.41, 5.74) is 6.48. The Bertz CT molecular complexity index is 1320. The molecule has 218 valence electrons. The minimum atomic E-state index is -5.08. The van der Waals surface area contributed by atoms with Crippen LogP contribution in [-0.2, 0) is 16.1 Å². The predicted octanol–water partition coefficient (Wildman–Crippen LogP) is 1.31. The average molecular weight is 578 g/mol. The number of fused-ring (bicyclic) bond motifs is 1. The molecule has 0 aliphatic carbocycles. The zero-order chi connectivity index (χ0) is 29.1. The lowest BCUT2D eigenvalue weighted by Crippen LogP contribution is -2.45.